The predicted molar refractivity (Wildman–Crippen MR) is 89.7 cm³/mol. The maximum Gasteiger partial charge on any atom is 0.409 e. The highest BCUT2D eigenvalue weighted by molar-refractivity contribution is 5.67. The lowest BCUT2D eigenvalue weighted by molar-refractivity contribution is 0.112. The molecule has 2 rings (SSSR count). The van der Waals surface area contributed by atoms with Crippen molar-refractivity contribution in [3.63, 3.8) is 0 Å². The summed E-state index contributed by atoms with van der Waals surface area (Å²) in [6.45, 7) is 0.178. The second-order valence-electron chi connectivity index (χ2n) is 5.10. The summed E-state index contributed by atoms with van der Waals surface area (Å²) in [7, 11) is 0. The average Bonchev–Trinajstić information content (AvgIpc) is 2.59. The van der Waals surface area contributed by atoms with Gasteiger partial charge in [0.25, 0.3) is 0 Å². The van der Waals surface area contributed by atoms with Gasteiger partial charge in [-0.2, -0.15) is 0 Å². The van der Waals surface area contributed by atoms with E-state index >= 15 is 0 Å². The molecular weight excluding hydrogens is 290 g/mol. The molecule has 23 heavy (non-hydrogen) atoms. The molecule has 0 heterocycles. The van der Waals surface area contributed by atoms with Crippen molar-refractivity contribution in [1.29, 1.82) is 0 Å². The van der Waals surface area contributed by atoms with Gasteiger partial charge in [0.1, 0.15) is 12.8 Å². The molecule has 4 heteroatoms. The fourth-order valence-corrected chi connectivity index (χ4v) is 2.05. The number of nitrogens with one attached hydrogen (secondary N) is 1. The SMILES string of the molecule is O=C(NC(O)/C=C/CCc1ccccc1)OCc1ccccc1. The van der Waals surface area contributed by atoms with Gasteiger partial charge in [-0.15, -0.1) is 0 Å². The van der Waals surface area contributed by atoms with Gasteiger partial charge in [0, 0.05) is 0 Å². The van der Waals surface area contributed by atoms with Gasteiger partial charge in [0.15, 0.2) is 0 Å². The first-order chi connectivity index (χ1) is 11.2. The van der Waals surface area contributed by atoms with E-state index < -0.39 is 12.3 Å². The Balaban J connectivity index is 1.64. The predicted octanol–water partition coefficient (Wildman–Crippen LogP) is 3.42. The van der Waals surface area contributed by atoms with Gasteiger partial charge in [0.05, 0.1) is 0 Å². The van der Waals surface area contributed by atoms with Crippen molar-refractivity contribution in [2.75, 3.05) is 0 Å². The molecule has 4 nitrogen and oxygen atoms in total. The first kappa shape index (κ1) is 16.8. The van der Waals surface area contributed by atoms with E-state index in [1.54, 1.807) is 6.08 Å². The lowest BCUT2D eigenvalue weighted by atomic mass is 10.1. The highest BCUT2D eigenvalue weighted by Crippen LogP contribution is 2.03. The van der Waals surface area contributed by atoms with Crippen LogP contribution in [0.5, 0.6) is 0 Å². The Bertz CT molecular complexity index is 611. The van der Waals surface area contributed by atoms with E-state index in [0.717, 1.165) is 18.4 Å². The minimum atomic E-state index is -1.05. The van der Waals surface area contributed by atoms with E-state index in [9.17, 15) is 9.90 Å². The molecule has 0 saturated carbocycles. The summed E-state index contributed by atoms with van der Waals surface area (Å²) in [5.74, 6) is 0. The normalized spacial score (nSPS) is 12.0. The molecule has 0 spiro atoms. The number of aliphatic hydroxyl groups is 1. The zero-order chi connectivity index (χ0) is 16.3. The first-order valence-electron chi connectivity index (χ1n) is 7.60. The molecular formula is C19H21NO3. The van der Waals surface area contributed by atoms with Crippen molar-refractivity contribution in [1.82, 2.24) is 5.32 Å². The van der Waals surface area contributed by atoms with Crippen LogP contribution in [0.1, 0.15) is 17.5 Å². The fraction of sp³-hybridized carbons (Fsp3) is 0.211. The Morgan fingerprint density at radius 2 is 1.65 bits per heavy atom. The molecule has 1 amide bonds. The Labute approximate surface area is 136 Å². The van der Waals surface area contributed by atoms with Crippen LogP contribution in [0.4, 0.5) is 4.79 Å². The van der Waals surface area contributed by atoms with Gasteiger partial charge in [-0.1, -0.05) is 66.7 Å². The number of hydrogen-bond acceptors (Lipinski definition) is 3. The van der Waals surface area contributed by atoms with Crippen molar-refractivity contribution < 1.29 is 14.6 Å². The van der Waals surface area contributed by atoms with Crippen molar-refractivity contribution in [3.05, 3.63) is 83.9 Å². The standard InChI is InChI=1S/C19H21NO3/c21-18(14-8-7-11-16-9-3-1-4-10-16)20-19(22)23-15-17-12-5-2-6-13-17/h1-6,8-10,12-14,18,21H,7,11,15H2,(H,20,22)/b14-8+. The smallest absolute Gasteiger partial charge is 0.409 e. The second-order valence-corrected chi connectivity index (χ2v) is 5.10. The van der Waals surface area contributed by atoms with Gasteiger partial charge >= 0.3 is 6.09 Å². The molecule has 0 aromatic heterocycles. The Morgan fingerprint density at radius 3 is 2.30 bits per heavy atom. The molecule has 0 fully saturated rings. The number of aryl methyl sites for hydroxylation is 1. The summed E-state index contributed by atoms with van der Waals surface area (Å²) < 4.78 is 5.03. The van der Waals surface area contributed by atoms with E-state index in [1.807, 2.05) is 54.6 Å². The van der Waals surface area contributed by atoms with Crippen LogP contribution in [0.15, 0.2) is 72.8 Å². The number of rotatable bonds is 7. The van der Waals surface area contributed by atoms with Crippen LogP contribution in [0.25, 0.3) is 0 Å². The minimum Gasteiger partial charge on any atom is -0.445 e. The lowest BCUT2D eigenvalue weighted by Crippen LogP contribution is -2.33. The number of carbonyl (C=O) groups excluding carboxylic acids is 1. The second kappa shape index (κ2) is 9.43. The summed E-state index contributed by atoms with van der Waals surface area (Å²) in [5.41, 5.74) is 2.14. The highest BCUT2D eigenvalue weighted by Gasteiger charge is 2.06. The molecule has 0 aliphatic rings. The van der Waals surface area contributed by atoms with Gasteiger partial charge in [-0.05, 0) is 30.0 Å². The van der Waals surface area contributed by atoms with Gasteiger partial charge in [-0.3, -0.25) is 5.32 Å². The van der Waals surface area contributed by atoms with Crippen molar-refractivity contribution in [2.45, 2.75) is 25.7 Å². The van der Waals surface area contributed by atoms with Gasteiger partial charge in [-0.25, -0.2) is 4.79 Å². The molecule has 0 radical (unpaired) electrons. The summed E-state index contributed by atoms with van der Waals surface area (Å²) in [5, 5.41) is 12.1. The lowest BCUT2D eigenvalue weighted by Gasteiger charge is -2.09. The number of aliphatic hydroxyl groups excluding tert-OH is 1. The summed E-state index contributed by atoms with van der Waals surface area (Å²) >= 11 is 0. The zero-order valence-electron chi connectivity index (χ0n) is 12.9. The Kier molecular flexibility index (Phi) is 6.88. The number of hydrogen-bond donors (Lipinski definition) is 2. The number of benzene rings is 2. The van der Waals surface area contributed by atoms with Crippen molar-refractivity contribution in [3.8, 4) is 0 Å². The molecule has 1 atom stereocenters. The zero-order valence-corrected chi connectivity index (χ0v) is 12.9. The van der Waals surface area contributed by atoms with E-state index in [0.29, 0.717) is 0 Å². The van der Waals surface area contributed by atoms with Crippen LogP contribution in [-0.4, -0.2) is 17.4 Å². The number of ether oxygens (including phenoxy) is 1. The summed E-state index contributed by atoms with van der Waals surface area (Å²) in [6.07, 6.45) is 3.38. The molecule has 2 aromatic carbocycles. The van der Waals surface area contributed by atoms with Gasteiger partial charge < -0.3 is 9.84 Å². The van der Waals surface area contributed by atoms with E-state index in [4.69, 9.17) is 4.74 Å². The monoisotopic (exact) mass is 311 g/mol. The molecule has 1 unspecified atom stereocenters. The van der Waals surface area contributed by atoms with E-state index in [1.165, 1.54) is 5.56 Å². The third-order valence-corrected chi connectivity index (χ3v) is 3.24. The summed E-state index contributed by atoms with van der Waals surface area (Å²) in [4.78, 5) is 11.6. The quantitative estimate of drug-likeness (QED) is 0.608. The van der Waals surface area contributed by atoms with Crippen LogP contribution in [0.3, 0.4) is 0 Å². The highest BCUT2D eigenvalue weighted by atomic mass is 16.6. The minimum absolute atomic E-state index is 0.178. The van der Waals surface area contributed by atoms with Crippen LogP contribution >= 0.6 is 0 Å². The molecule has 0 bridgehead atoms. The van der Waals surface area contributed by atoms with Crippen LogP contribution < -0.4 is 5.32 Å². The average molecular weight is 311 g/mol. The number of amides is 1. The third kappa shape index (κ3) is 6.80. The third-order valence-electron chi connectivity index (χ3n) is 3.24. The van der Waals surface area contributed by atoms with Gasteiger partial charge in [0.2, 0.25) is 0 Å². The Hall–Kier alpha value is -2.59. The Morgan fingerprint density at radius 1 is 1.04 bits per heavy atom. The number of alkyl carbamates (subject to hydrolysis) is 1. The van der Waals surface area contributed by atoms with Crippen LogP contribution in [0.2, 0.25) is 0 Å². The van der Waals surface area contributed by atoms with Crippen LogP contribution in [0, 0.1) is 0 Å². The van der Waals surface area contributed by atoms with E-state index in [2.05, 4.69) is 17.4 Å². The molecule has 2 N–H and O–H groups in total. The van der Waals surface area contributed by atoms with Crippen molar-refractivity contribution >= 4 is 6.09 Å². The molecule has 120 valence electrons. The maximum atomic E-state index is 11.6. The fourth-order valence-electron chi connectivity index (χ4n) is 2.05. The van der Waals surface area contributed by atoms with Crippen molar-refractivity contribution in [2.24, 2.45) is 0 Å². The molecule has 0 aliphatic heterocycles. The molecule has 2 aromatic rings. The largest absolute Gasteiger partial charge is 0.445 e. The van der Waals surface area contributed by atoms with Crippen LogP contribution in [-0.2, 0) is 17.8 Å². The maximum absolute atomic E-state index is 11.6. The molecule has 0 aliphatic carbocycles. The topological polar surface area (TPSA) is 58.6 Å². The number of carbonyl (C=O) groups is 1. The van der Waals surface area contributed by atoms with E-state index in [-0.39, 0.29) is 6.61 Å². The summed E-state index contributed by atoms with van der Waals surface area (Å²) in [6, 6.07) is 19.5. The first-order valence-corrected chi connectivity index (χ1v) is 7.60. The molecule has 0 saturated heterocycles. The number of allylic oxidation sites excluding steroid dienone is 1.